The summed E-state index contributed by atoms with van der Waals surface area (Å²) in [6, 6.07) is 0.512. The Hall–Kier alpha value is -0.120. The van der Waals surface area contributed by atoms with Gasteiger partial charge in [0, 0.05) is 19.1 Å². The highest BCUT2D eigenvalue weighted by atomic mass is 16.3. The molecule has 0 spiro atoms. The van der Waals surface area contributed by atoms with Gasteiger partial charge < -0.3 is 15.3 Å². The maximum atomic E-state index is 9.84. The molecular formula is C15H32N2O. The van der Waals surface area contributed by atoms with E-state index in [1.165, 1.54) is 38.9 Å². The van der Waals surface area contributed by atoms with Crippen molar-refractivity contribution in [3.63, 3.8) is 0 Å². The van der Waals surface area contributed by atoms with Gasteiger partial charge in [0.2, 0.25) is 0 Å². The summed E-state index contributed by atoms with van der Waals surface area (Å²) in [5.74, 6) is 1.08. The fraction of sp³-hybridized carbons (Fsp3) is 1.00. The van der Waals surface area contributed by atoms with Gasteiger partial charge in [0.05, 0.1) is 6.10 Å². The lowest BCUT2D eigenvalue weighted by Gasteiger charge is -2.36. The van der Waals surface area contributed by atoms with Crippen molar-refractivity contribution in [2.24, 2.45) is 11.8 Å². The van der Waals surface area contributed by atoms with Crippen LogP contribution in [0.5, 0.6) is 0 Å². The molecule has 1 aliphatic rings. The predicted octanol–water partition coefficient (Wildman–Crippen LogP) is 2.10. The molecule has 0 aromatic carbocycles. The van der Waals surface area contributed by atoms with E-state index in [9.17, 15) is 5.11 Å². The Morgan fingerprint density at radius 2 is 2.06 bits per heavy atom. The van der Waals surface area contributed by atoms with E-state index < -0.39 is 0 Å². The molecule has 1 rings (SSSR count). The average molecular weight is 256 g/mol. The standard InChI is InChI=1S/C15H32N2O/c1-5-8-17-9-6-7-14(11-17)13(4)16-10-15(18)12(2)3/h12-16,18H,5-11H2,1-4H3. The number of likely N-dealkylation sites (tertiary alicyclic amines) is 1. The third-order valence-corrected chi connectivity index (χ3v) is 4.21. The maximum absolute atomic E-state index is 9.84. The third kappa shape index (κ3) is 5.25. The van der Waals surface area contributed by atoms with Crippen molar-refractivity contribution in [1.29, 1.82) is 0 Å². The Morgan fingerprint density at radius 1 is 1.33 bits per heavy atom. The molecule has 0 saturated carbocycles. The Bertz CT molecular complexity index is 219. The first-order valence-electron chi connectivity index (χ1n) is 7.68. The van der Waals surface area contributed by atoms with Gasteiger partial charge in [-0.15, -0.1) is 0 Å². The molecule has 1 fully saturated rings. The molecule has 0 aromatic heterocycles. The van der Waals surface area contributed by atoms with E-state index in [1.54, 1.807) is 0 Å². The highest BCUT2D eigenvalue weighted by molar-refractivity contribution is 4.81. The number of aliphatic hydroxyl groups is 1. The third-order valence-electron chi connectivity index (χ3n) is 4.21. The van der Waals surface area contributed by atoms with Crippen molar-refractivity contribution in [3.05, 3.63) is 0 Å². The zero-order valence-electron chi connectivity index (χ0n) is 12.7. The van der Waals surface area contributed by atoms with Crippen molar-refractivity contribution in [2.45, 2.75) is 59.1 Å². The molecule has 3 unspecified atom stereocenters. The van der Waals surface area contributed by atoms with E-state index in [-0.39, 0.29) is 6.10 Å². The second-order valence-electron chi connectivity index (χ2n) is 6.21. The SMILES string of the molecule is CCCN1CCCC(C(C)NCC(O)C(C)C)C1. The normalized spacial score (nSPS) is 25.3. The van der Waals surface area contributed by atoms with E-state index in [1.807, 2.05) is 0 Å². The highest BCUT2D eigenvalue weighted by Crippen LogP contribution is 2.20. The monoisotopic (exact) mass is 256 g/mol. The van der Waals surface area contributed by atoms with E-state index >= 15 is 0 Å². The van der Waals surface area contributed by atoms with Crippen LogP contribution in [0.3, 0.4) is 0 Å². The minimum atomic E-state index is -0.220. The van der Waals surface area contributed by atoms with Crippen LogP contribution < -0.4 is 5.32 Å². The lowest BCUT2D eigenvalue weighted by atomic mass is 9.91. The fourth-order valence-corrected chi connectivity index (χ4v) is 2.73. The molecule has 108 valence electrons. The lowest BCUT2D eigenvalue weighted by molar-refractivity contribution is 0.106. The predicted molar refractivity (Wildman–Crippen MR) is 77.8 cm³/mol. The molecule has 1 saturated heterocycles. The molecule has 3 nitrogen and oxygen atoms in total. The molecule has 0 aromatic rings. The smallest absolute Gasteiger partial charge is 0.0687 e. The van der Waals surface area contributed by atoms with Crippen molar-refractivity contribution < 1.29 is 5.11 Å². The topological polar surface area (TPSA) is 35.5 Å². The molecule has 1 aliphatic heterocycles. The zero-order valence-corrected chi connectivity index (χ0v) is 12.7. The van der Waals surface area contributed by atoms with Gasteiger partial charge in [-0.25, -0.2) is 0 Å². The zero-order chi connectivity index (χ0) is 13.5. The summed E-state index contributed by atoms with van der Waals surface area (Å²) < 4.78 is 0. The first-order chi connectivity index (χ1) is 8.54. The number of piperidine rings is 1. The molecule has 0 radical (unpaired) electrons. The maximum Gasteiger partial charge on any atom is 0.0687 e. The summed E-state index contributed by atoms with van der Waals surface area (Å²) in [6.45, 7) is 13.1. The van der Waals surface area contributed by atoms with Gasteiger partial charge in [0.25, 0.3) is 0 Å². The van der Waals surface area contributed by atoms with Crippen molar-refractivity contribution >= 4 is 0 Å². The van der Waals surface area contributed by atoms with Crippen LogP contribution in [0.4, 0.5) is 0 Å². The number of aliphatic hydroxyl groups excluding tert-OH is 1. The molecule has 18 heavy (non-hydrogen) atoms. The summed E-state index contributed by atoms with van der Waals surface area (Å²) in [4.78, 5) is 2.59. The number of nitrogens with zero attached hydrogens (tertiary/aromatic N) is 1. The van der Waals surface area contributed by atoms with E-state index in [4.69, 9.17) is 0 Å². The van der Waals surface area contributed by atoms with Crippen LogP contribution in [0, 0.1) is 11.8 Å². The molecule has 2 N–H and O–H groups in total. The van der Waals surface area contributed by atoms with Crippen molar-refractivity contribution in [2.75, 3.05) is 26.2 Å². The van der Waals surface area contributed by atoms with Gasteiger partial charge in [-0.05, 0) is 51.1 Å². The van der Waals surface area contributed by atoms with Crippen LogP contribution in [0.25, 0.3) is 0 Å². The minimum Gasteiger partial charge on any atom is -0.392 e. The largest absolute Gasteiger partial charge is 0.392 e. The lowest BCUT2D eigenvalue weighted by Crippen LogP contribution is -2.46. The second-order valence-corrected chi connectivity index (χ2v) is 6.21. The van der Waals surface area contributed by atoms with E-state index in [2.05, 4.69) is 37.9 Å². The van der Waals surface area contributed by atoms with Gasteiger partial charge in [0.1, 0.15) is 0 Å². The summed E-state index contributed by atoms with van der Waals surface area (Å²) in [7, 11) is 0. The summed E-state index contributed by atoms with van der Waals surface area (Å²) in [5.41, 5.74) is 0. The number of hydrogen-bond donors (Lipinski definition) is 2. The van der Waals surface area contributed by atoms with Gasteiger partial charge in [0.15, 0.2) is 0 Å². The van der Waals surface area contributed by atoms with Gasteiger partial charge in [-0.1, -0.05) is 20.8 Å². The van der Waals surface area contributed by atoms with Crippen LogP contribution >= 0.6 is 0 Å². The van der Waals surface area contributed by atoms with Crippen LogP contribution in [0.2, 0.25) is 0 Å². The molecule has 0 bridgehead atoms. The average Bonchev–Trinajstić information content (AvgIpc) is 2.36. The minimum absolute atomic E-state index is 0.220. The van der Waals surface area contributed by atoms with Gasteiger partial charge in [-0.3, -0.25) is 0 Å². The Labute approximate surface area is 113 Å². The molecular weight excluding hydrogens is 224 g/mol. The molecule has 3 heteroatoms. The summed E-state index contributed by atoms with van der Waals surface area (Å²) in [6.07, 6.45) is 3.68. The second kappa shape index (κ2) is 8.13. The Balaban J connectivity index is 2.30. The summed E-state index contributed by atoms with van der Waals surface area (Å²) in [5, 5.41) is 13.4. The number of hydrogen-bond acceptors (Lipinski definition) is 3. The Kier molecular flexibility index (Phi) is 7.20. The Morgan fingerprint density at radius 3 is 2.67 bits per heavy atom. The van der Waals surface area contributed by atoms with Gasteiger partial charge >= 0.3 is 0 Å². The molecule has 0 amide bonds. The van der Waals surface area contributed by atoms with Crippen LogP contribution in [-0.4, -0.2) is 48.3 Å². The fourth-order valence-electron chi connectivity index (χ4n) is 2.73. The van der Waals surface area contributed by atoms with Crippen LogP contribution in [-0.2, 0) is 0 Å². The van der Waals surface area contributed by atoms with Crippen molar-refractivity contribution in [1.82, 2.24) is 10.2 Å². The molecule has 3 atom stereocenters. The van der Waals surface area contributed by atoms with Crippen LogP contribution in [0.1, 0.15) is 47.0 Å². The summed E-state index contributed by atoms with van der Waals surface area (Å²) >= 11 is 0. The first kappa shape index (κ1) is 15.9. The van der Waals surface area contributed by atoms with Crippen LogP contribution in [0.15, 0.2) is 0 Å². The number of nitrogens with one attached hydrogen (secondary N) is 1. The molecule has 1 heterocycles. The van der Waals surface area contributed by atoms with Crippen molar-refractivity contribution in [3.8, 4) is 0 Å². The quantitative estimate of drug-likeness (QED) is 0.732. The molecule has 0 aliphatic carbocycles. The number of rotatable bonds is 7. The van der Waals surface area contributed by atoms with E-state index in [0.29, 0.717) is 12.0 Å². The van der Waals surface area contributed by atoms with E-state index in [0.717, 1.165) is 12.5 Å². The van der Waals surface area contributed by atoms with Gasteiger partial charge in [-0.2, -0.15) is 0 Å². The first-order valence-corrected chi connectivity index (χ1v) is 7.68. The highest BCUT2D eigenvalue weighted by Gasteiger charge is 2.24.